The van der Waals surface area contributed by atoms with Gasteiger partial charge in [-0.2, -0.15) is 0 Å². The number of hydrogen-bond donors (Lipinski definition) is 2. The van der Waals surface area contributed by atoms with E-state index in [-0.39, 0.29) is 6.04 Å². The van der Waals surface area contributed by atoms with Crippen molar-refractivity contribution in [3.05, 3.63) is 0 Å². The van der Waals surface area contributed by atoms with E-state index in [2.05, 4.69) is 38.3 Å². The zero-order chi connectivity index (χ0) is 13.6. The molecule has 0 aromatic rings. The topological polar surface area (TPSA) is 58.2 Å². The van der Waals surface area contributed by atoms with Crippen LogP contribution in [0.15, 0.2) is 0 Å². The second-order valence-corrected chi connectivity index (χ2v) is 9.11. The third kappa shape index (κ3) is 2.58. The fourth-order valence-corrected chi connectivity index (χ4v) is 4.65. The first-order chi connectivity index (χ1) is 8.17. The first-order valence-electron chi connectivity index (χ1n) is 6.84. The highest BCUT2D eigenvalue weighted by Crippen LogP contribution is 2.62. The Morgan fingerprint density at radius 2 is 1.83 bits per heavy atom. The monoisotopic (exact) mass is 274 g/mol. The first-order valence-corrected chi connectivity index (χ1v) is 8.66. The van der Waals surface area contributed by atoms with Gasteiger partial charge in [0.15, 0.2) is 9.84 Å². The van der Waals surface area contributed by atoms with E-state index in [0.717, 1.165) is 13.0 Å². The summed E-state index contributed by atoms with van der Waals surface area (Å²) in [6, 6.07) is 0.673. The molecule has 2 aliphatic rings. The highest BCUT2D eigenvalue weighted by Gasteiger charge is 2.64. The molecule has 5 heteroatoms. The van der Waals surface area contributed by atoms with Gasteiger partial charge in [0.25, 0.3) is 0 Å². The Morgan fingerprint density at radius 3 is 2.33 bits per heavy atom. The van der Waals surface area contributed by atoms with Crippen molar-refractivity contribution < 1.29 is 8.42 Å². The second-order valence-electron chi connectivity index (χ2n) is 6.88. The Hall–Kier alpha value is -0.130. The summed E-state index contributed by atoms with van der Waals surface area (Å²) in [6.07, 6.45) is 0.891. The molecule has 1 saturated heterocycles. The maximum absolute atomic E-state index is 11.5. The van der Waals surface area contributed by atoms with Gasteiger partial charge in [0.1, 0.15) is 0 Å². The minimum Gasteiger partial charge on any atom is -0.313 e. The van der Waals surface area contributed by atoms with Crippen LogP contribution in [-0.4, -0.2) is 45.1 Å². The third-order valence-electron chi connectivity index (χ3n) is 5.16. The lowest BCUT2D eigenvalue weighted by Crippen LogP contribution is -2.46. The Balaban J connectivity index is 1.74. The first kappa shape index (κ1) is 14.3. The van der Waals surface area contributed by atoms with Crippen molar-refractivity contribution in [3.63, 3.8) is 0 Å². The van der Waals surface area contributed by atoms with Crippen molar-refractivity contribution in [1.82, 2.24) is 10.6 Å². The van der Waals surface area contributed by atoms with Gasteiger partial charge in [-0.3, -0.25) is 0 Å². The third-order valence-corrected chi connectivity index (χ3v) is 6.90. The van der Waals surface area contributed by atoms with Gasteiger partial charge in [0.2, 0.25) is 0 Å². The Kier molecular flexibility index (Phi) is 3.54. The lowest BCUT2D eigenvalue weighted by Gasteiger charge is -2.23. The van der Waals surface area contributed by atoms with E-state index in [1.807, 2.05) is 0 Å². The number of nitrogens with one attached hydrogen (secondary N) is 2. The fraction of sp³-hybridized carbons (Fsp3) is 1.00. The van der Waals surface area contributed by atoms with Crippen LogP contribution >= 0.6 is 0 Å². The predicted octanol–water partition coefficient (Wildman–Crippen LogP) is 0.787. The summed E-state index contributed by atoms with van der Waals surface area (Å²) in [5, 5.41) is 6.87. The van der Waals surface area contributed by atoms with Crippen molar-refractivity contribution in [3.8, 4) is 0 Å². The van der Waals surface area contributed by atoms with Crippen LogP contribution in [0.4, 0.5) is 0 Å². The molecule has 1 unspecified atom stereocenters. The summed E-state index contributed by atoms with van der Waals surface area (Å²) in [6.45, 7) is 10.6. The molecule has 1 atom stereocenters. The van der Waals surface area contributed by atoms with Gasteiger partial charge in [-0.1, -0.05) is 27.7 Å². The molecular formula is C13H26N2O2S. The van der Waals surface area contributed by atoms with Crippen LogP contribution in [0.5, 0.6) is 0 Å². The quantitative estimate of drug-likeness (QED) is 0.796. The molecule has 0 spiro atoms. The van der Waals surface area contributed by atoms with Crippen LogP contribution in [-0.2, 0) is 9.84 Å². The molecule has 0 radical (unpaired) electrons. The molecule has 1 saturated carbocycles. The molecule has 18 heavy (non-hydrogen) atoms. The van der Waals surface area contributed by atoms with E-state index in [1.165, 1.54) is 0 Å². The normalized spacial score (nSPS) is 33.2. The van der Waals surface area contributed by atoms with Crippen LogP contribution in [0.25, 0.3) is 0 Å². The summed E-state index contributed by atoms with van der Waals surface area (Å²) in [5.74, 6) is 0.589. The van der Waals surface area contributed by atoms with Gasteiger partial charge in [-0.15, -0.1) is 0 Å². The maximum Gasteiger partial charge on any atom is 0.153 e. The molecule has 4 nitrogen and oxygen atoms in total. The lowest BCUT2D eigenvalue weighted by atomic mass is 10.0. The van der Waals surface area contributed by atoms with Crippen molar-refractivity contribution in [2.75, 3.05) is 24.6 Å². The molecule has 0 aromatic carbocycles. The van der Waals surface area contributed by atoms with Gasteiger partial charge in [-0.25, -0.2) is 8.42 Å². The van der Waals surface area contributed by atoms with Crippen molar-refractivity contribution in [1.29, 1.82) is 0 Å². The van der Waals surface area contributed by atoms with Crippen molar-refractivity contribution in [2.24, 2.45) is 10.8 Å². The minimum absolute atomic E-state index is 0.126. The Morgan fingerprint density at radius 1 is 1.22 bits per heavy atom. The van der Waals surface area contributed by atoms with E-state index in [9.17, 15) is 8.42 Å². The summed E-state index contributed by atoms with van der Waals surface area (Å²) in [4.78, 5) is 0. The Labute approximate surface area is 111 Å². The fourth-order valence-electron chi connectivity index (χ4n) is 3.16. The molecule has 1 aliphatic heterocycles. The lowest BCUT2D eigenvalue weighted by molar-refractivity contribution is 0.457. The van der Waals surface area contributed by atoms with Gasteiger partial charge < -0.3 is 10.6 Å². The minimum atomic E-state index is -2.80. The zero-order valence-electron chi connectivity index (χ0n) is 11.9. The van der Waals surface area contributed by atoms with Crippen LogP contribution < -0.4 is 10.6 Å². The predicted molar refractivity (Wildman–Crippen MR) is 74.4 cm³/mol. The molecule has 1 aliphatic carbocycles. The van der Waals surface area contributed by atoms with Crippen LogP contribution in [0, 0.1) is 10.8 Å². The second kappa shape index (κ2) is 4.46. The summed E-state index contributed by atoms with van der Waals surface area (Å²) >= 11 is 0. The summed E-state index contributed by atoms with van der Waals surface area (Å²) in [7, 11) is -2.80. The molecular weight excluding hydrogens is 248 g/mol. The SMILES string of the molecule is CC1(C)C(NCCC2CS(=O)(=O)CCN2)C1(C)C. The molecule has 0 aromatic heterocycles. The highest BCUT2D eigenvalue weighted by molar-refractivity contribution is 7.91. The molecule has 2 rings (SSSR count). The molecule has 0 amide bonds. The average Bonchev–Trinajstić information content (AvgIpc) is 2.59. The molecule has 2 N–H and O–H groups in total. The van der Waals surface area contributed by atoms with Gasteiger partial charge in [-0.05, 0) is 23.8 Å². The van der Waals surface area contributed by atoms with Gasteiger partial charge in [0.05, 0.1) is 11.5 Å². The number of rotatable bonds is 4. The van der Waals surface area contributed by atoms with Gasteiger partial charge >= 0.3 is 0 Å². The smallest absolute Gasteiger partial charge is 0.153 e. The van der Waals surface area contributed by atoms with E-state index in [1.54, 1.807) is 0 Å². The maximum atomic E-state index is 11.5. The Bertz CT molecular complexity index is 401. The van der Waals surface area contributed by atoms with Crippen LogP contribution in [0.1, 0.15) is 34.1 Å². The number of hydrogen-bond acceptors (Lipinski definition) is 4. The molecule has 2 fully saturated rings. The largest absolute Gasteiger partial charge is 0.313 e. The molecule has 0 bridgehead atoms. The van der Waals surface area contributed by atoms with E-state index in [4.69, 9.17) is 0 Å². The number of sulfone groups is 1. The van der Waals surface area contributed by atoms with Crippen molar-refractivity contribution >= 4 is 9.84 Å². The van der Waals surface area contributed by atoms with Crippen molar-refractivity contribution in [2.45, 2.75) is 46.2 Å². The highest BCUT2D eigenvalue weighted by atomic mass is 32.2. The standard InChI is InChI=1S/C13H26N2O2S/c1-12(2)11(13(12,3)4)15-6-5-10-9-18(16,17)8-7-14-10/h10-11,14-15H,5-9H2,1-4H3. The van der Waals surface area contributed by atoms with Crippen LogP contribution in [0.3, 0.4) is 0 Å². The molecule has 1 heterocycles. The van der Waals surface area contributed by atoms with E-state index in [0.29, 0.717) is 34.9 Å². The summed E-state index contributed by atoms with van der Waals surface area (Å²) in [5.41, 5.74) is 0.693. The van der Waals surface area contributed by atoms with Gasteiger partial charge in [0, 0.05) is 18.6 Å². The summed E-state index contributed by atoms with van der Waals surface area (Å²) < 4.78 is 23.0. The average molecular weight is 274 g/mol. The van der Waals surface area contributed by atoms with E-state index < -0.39 is 9.84 Å². The van der Waals surface area contributed by atoms with E-state index >= 15 is 0 Å². The molecule has 106 valence electrons. The van der Waals surface area contributed by atoms with Crippen LogP contribution in [0.2, 0.25) is 0 Å². The zero-order valence-corrected chi connectivity index (χ0v) is 12.7.